The summed E-state index contributed by atoms with van der Waals surface area (Å²) in [7, 11) is 1.96. The van der Waals surface area contributed by atoms with Crippen LogP contribution in [0.5, 0.6) is 0 Å². The van der Waals surface area contributed by atoms with Crippen molar-refractivity contribution in [1.29, 1.82) is 0 Å². The third kappa shape index (κ3) is 2.13. The summed E-state index contributed by atoms with van der Waals surface area (Å²) in [6.45, 7) is 4.04. The Hall–Kier alpha value is -1.26. The van der Waals surface area contributed by atoms with Crippen molar-refractivity contribution in [3.8, 4) is 0 Å². The van der Waals surface area contributed by atoms with Gasteiger partial charge in [-0.3, -0.25) is 0 Å². The first kappa shape index (κ1) is 11.2. The quantitative estimate of drug-likeness (QED) is 0.885. The van der Waals surface area contributed by atoms with Crippen molar-refractivity contribution in [2.45, 2.75) is 19.9 Å². The molecule has 16 heavy (non-hydrogen) atoms. The number of nitrogens with one attached hydrogen (secondary N) is 1. The molecule has 1 atom stereocenters. The van der Waals surface area contributed by atoms with Crippen LogP contribution in [0.2, 0.25) is 0 Å². The number of hydrogen-bond acceptors (Lipinski definition) is 4. The summed E-state index contributed by atoms with van der Waals surface area (Å²) in [6, 6.07) is 4.27. The highest BCUT2D eigenvalue weighted by Gasteiger charge is 2.16. The minimum Gasteiger partial charge on any atom is -0.307 e. The van der Waals surface area contributed by atoms with Crippen LogP contribution < -0.4 is 5.32 Å². The van der Waals surface area contributed by atoms with Crippen molar-refractivity contribution in [1.82, 2.24) is 15.3 Å². The SMILES string of the molecule is CNC(c1ccnc(C)n1)c1sccc1C. The molecular formula is C12H15N3S. The molecule has 0 bridgehead atoms. The molecule has 0 saturated heterocycles. The predicted molar refractivity (Wildman–Crippen MR) is 66.7 cm³/mol. The lowest BCUT2D eigenvalue weighted by molar-refractivity contribution is 0.672. The van der Waals surface area contributed by atoms with Crippen LogP contribution in [0.4, 0.5) is 0 Å². The first-order chi connectivity index (χ1) is 7.72. The van der Waals surface area contributed by atoms with Gasteiger partial charge in [0.1, 0.15) is 5.82 Å². The molecule has 0 aliphatic rings. The minimum absolute atomic E-state index is 0.168. The number of hydrogen-bond donors (Lipinski definition) is 1. The van der Waals surface area contributed by atoms with Gasteiger partial charge in [0.2, 0.25) is 0 Å². The van der Waals surface area contributed by atoms with E-state index in [9.17, 15) is 0 Å². The van der Waals surface area contributed by atoms with Gasteiger partial charge in [0, 0.05) is 11.1 Å². The van der Waals surface area contributed by atoms with Crippen LogP contribution in [0.3, 0.4) is 0 Å². The van der Waals surface area contributed by atoms with E-state index in [0.29, 0.717) is 0 Å². The van der Waals surface area contributed by atoms with Gasteiger partial charge >= 0.3 is 0 Å². The van der Waals surface area contributed by atoms with Gasteiger partial charge in [-0.25, -0.2) is 9.97 Å². The highest BCUT2D eigenvalue weighted by atomic mass is 32.1. The monoisotopic (exact) mass is 233 g/mol. The van der Waals surface area contributed by atoms with E-state index in [2.05, 4.69) is 33.7 Å². The van der Waals surface area contributed by atoms with E-state index in [1.807, 2.05) is 26.2 Å². The maximum atomic E-state index is 4.47. The Morgan fingerprint density at radius 3 is 2.69 bits per heavy atom. The first-order valence-electron chi connectivity index (χ1n) is 5.23. The first-order valence-corrected chi connectivity index (χ1v) is 6.11. The molecule has 3 nitrogen and oxygen atoms in total. The van der Waals surface area contributed by atoms with Gasteiger partial charge in [-0.15, -0.1) is 11.3 Å². The lowest BCUT2D eigenvalue weighted by Gasteiger charge is -2.15. The predicted octanol–water partition coefficient (Wildman–Crippen LogP) is 2.46. The highest BCUT2D eigenvalue weighted by Crippen LogP contribution is 2.27. The van der Waals surface area contributed by atoms with E-state index in [0.717, 1.165) is 11.5 Å². The van der Waals surface area contributed by atoms with Crippen molar-refractivity contribution < 1.29 is 0 Å². The van der Waals surface area contributed by atoms with Crippen molar-refractivity contribution >= 4 is 11.3 Å². The Morgan fingerprint density at radius 1 is 1.31 bits per heavy atom. The van der Waals surface area contributed by atoms with E-state index in [1.165, 1.54) is 10.4 Å². The molecule has 0 radical (unpaired) electrons. The Morgan fingerprint density at radius 2 is 2.12 bits per heavy atom. The van der Waals surface area contributed by atoms with Crippen LogP contribution in [-0.2, 0) is 0 Å². The standard InChI is InChI=1S/C12H15N3S/c1-8-5-7-16-12(8)11(13-3)10-4-6-14-9(2)15-10/h4-7,11,13H,1-3H3. The Kier molecular flexibility index (Phi) is 3.31. The number of rotatable bonds is 3. The second-order valence-electron chi connectivity index (χ2n) is 3.72. The maximum absolute atomic E-state index is 4.47. The smallest absolute Gasteiger partial charge is 0.125 e. The number of aryl methyl sites for hydroxylation is 2. The van der Waals surface area contributed by atoms with E-state index in [4.69, 9.17) is 0 Å². The maximum Gasteiger partial charge on any atom is 0.125 e. The summed E-state index contributed by atoms with van der Waals surface area (Å²) in [6.07, 6.45) is 1.81. The molecule has 84 valence electrons. The van der Waals surface area contributed by atoms with Gasteiger partial charge < -0.3 is 5.32 Å². The van der Waals surface area contributed by atoms with Crippen LogP contribution in [0, 0.1) is 13.8 Å². The Balaban J connectivity index is 2.40. The highest BCUT2D eigenvalue weighted by molar-refractivity contribution is 7.10. The zero-order valence-corrected chi connectivity index (χ0v) is 10.5. The molecule has 0 amide bonds. The van der Waals surface area contributed by atoms with E-state index < -0.39 is 0 Å². The van der Waals surface area contributed by atoms with Crippen LogP contribution in [0.15, 0.2) is 23.7 Å². The molecule has 0 fully saturated rings. The summed E-state index contributed by atoms with van der Waals surface area (Å²) >= 11 is 1.76. The topological polar surface area (TPSA) is 37.8 Å². The molecule has 0 spiro atoms. The zero-order chi connectivity index (χ0) is 11.5. The molecule has 4 heteroatoms. The Bertz CT molecular complexity index is 479. The number of aromatic nitrogens is 2. The Labute approximate surface area is 99.6 Å². The van der Waals surface area contributed by atoms with Gasteiger partial charge in [0.25, 0.3) is 0 Å². The van der Waals surface area contributed by atoms with Gasteiger partial charge in [-0.2, -0.15) is 0 Å². The summed E-state index contributed by atoms with van der Waals surface area (Å²) in [4.78, 5) is 9.92. The van der Waals surface area contributed by atoms with Crippen molar-refractivity contribution in [2.75, 3.05) is 7.05 Å². The van der Waals surface area contributed by atoms with Gasteiger partial charge in [-0.05, 0) is 44.0 Å². The molecule has 0 aromatic carbocycles. The fourth-order valence-electron chi connectivity index (χ4n) is 1.73. The molecule has 2 aromatic heterocycles. The summed E-state index contributed by atoms with van der Waals surface area (Å²) in [5.41, 5.74) is 2.33. The molecule has 0 saturated carbocycles. The van der Waals surface area contributed by atoms with Crippen LogP contribution in [0.25, 0.3) is 0 Å². The van der Waals surface area contributed by atoms with Gasteiger partial charge in [0.05, 0.1) is 11.7 Å². The average molecular weight is 233 g/mol. The number of nitrogens with zero attached hydrogens (tertiary/aromatic N) is 2. The van der Waals surface area contributed by atoms with Crippen LogP contribution in [-0.4, -0.2) is 17.0 Å². The summed E-state index contributed by atoms with van der Waals surface area (Å²) < 4.78 is 0. The average Bonchev–Trinajstić information content (AvgIpc) is 2.67. The normalized spacial score (nSPS) is 12.7. The third-order valence-electron chi connectivity index (χ3n) is 2.55. The van der Waals surface area contributed by atoms with Crippen LogP contribution in [0.1, 0.15) is 28.0 Å². The largest absolute Gasteiger partial charge is 0.307 e. The molecule has 1 N–H and O–H groups in total. The van der Waals surface area contributed by atoms with Crippen molar-refractivity contribution in [2.24, 2.45) is 0 Å². The summed E-state index contributed by atoms with van der Waals surface area (Å²) in [5.74, 6) is 0.812. The molecule has 0 aliphatic carbocycles. The fraction of sp³-hybridized carbons (Fsp3) is 0.333. The zero-order valence-electron chi connectivity index (χ0n) is 9.69. The fourth-order valence-corrected chi connectivity index (χ4v) is 2.78. The van der Waals surface area contributed by atoms with Crippen molar-refractivity contribution in [3.63, 3.8) is 0 Å². The molecule has 0 aliphatic heterocycles. The molecule has 1 unspecified atom stereocenters. The molecule has 2 aromatic rings. The van der Waals surface area contributed by atoms with Gasteiger partial charge in [0.15, 0.2) is 0 Å². The van der Waals surface area contributed by atoms with E-state index in [-0.39, 0.29) is 6.04 Å². The molecule has 2 rings (SSSR count). The van der Waals surface area contributed by atoms with Crippen molar-refractivity contribution in [3.05, 3.63) is 45.7 Å². The lowest BCUT2D eigenvalue weighted by Crippen LogP contribution is -2.19. The molecule has 2 heterocycles. The summed E-state index contributed by atoms with van der Waals surface area (Å²) in [5, 5.41) is 5.42. The number of thiophene rings is 1. The minimum atomic E-state index is 0.168. The second-order valence-corrected chi connectivity index (χ2v) is 4.67. The second kappa shape index (κ2) is 4.72. The van der Waals surface area contributed by atoms with E-state index in [1.54, 1.807) is 11.3 Å². The van der Waals surface area contributed by atoms with Gasteiger partial charge in [-0.1, -0.05) is 0 Å². The van der Waals surface area contributed by atoms with E-state index >= 15 is 0 Å². The lowest BCUT2D eigenvalue weighted by atomic mass is 10.1. The third-order valence-corrected chi connectivity index (χ3v) is 3.63. The molecular weight excluding hydrogens is 218 g/mol. The van der Waals surface area contributed by atoms with Crippen LogP contribution >= 0.6 is 11.3 Å².